The second-order valence-electron chi connectivity index (χ2n) is 4.51. The maximum Gasteiger partial charge on any atom is 0.411 e. The van der Waals surface area contributed by atoms with Crippen molar-refractivity contribution in [1.29, 1.82) is 0 Å². The van der Waals surface area contributed by atoms with Gasteiger partial charge in [0.1, 0.15) is 0 Å². The number of thiophene rings is 1. The first kappa shape index (κ1) is 13.9. The molecule has 3 heterocycles. The number of hydrogen-bond donors (Lipinski definition) is 2. The Morgan fingerprint density at radius 3 is 2.86 bits per heavy atom. The number of nitrogens with zero attached hydrogens (tertiary/aromatic N) is 3. The maximum atomic E-state index is 13.2. The van der Waals surface area contributed by atoms with Crippen LogP contribution in [0.2, 0.25) is 0 Å². The molecular weight excluding hydrogens is 309 g/mol. The Kier molecular flexibility index (Phi) is 3.12. The van der Waals surface area contributed by atoms with Crippen molar-refractivity contribution in [2.45, 2.75) is 24.7 Å². The van der Waals surface area contributed by atoms with Crippen molar-refractivity contribution in [1.82, 2.24) is 14.8 Å². The molecule has 1 aliphatic rings. The summed E-state index contributed by atoms with van der Waals surface area (Å²) in [4.78, 5) is 15.2. The number of carboxylic acid groups (broad SMARTS) is 1. The fourth-order valence-corrected chi connectivity index (χ4v) is 3.01. The van der Waals surface area contributed by atoms with Gasteiger partial charge >= 0.3 is 12.1 Å². The van der Waals surface area contributed by atoms with Crippen LogP contribution in [0.25, 0.3) is 0 Å². The van der Waals surface area contributed by atoms with E-state index in [-0.39, 0.29) is 12.4 Å². The fraction of sp³-hybridized carbons (Fsp3) is 0.364. The topological polar surface area (TPSA) is 80.0 Å². The van der Waals surface area contributed by atoms with Crippen molar-refractivity contribution in [2.75, 3.05) is 5.32 Å². The van der Waals surface area contributed by atoms with Crippen LogP contribution in [-0.4, -0.2) is 32.0 Å². The molecule has 0 radical (unpaired) electrons. The molecule has 2 N–H and O–H groups in total. The molecule has 10 heteroatoms. The van der Waals surface area contributed by atoms with Gasteiger partial charge in [0, 0.05) is 11.3 Å². The van der Waals surface area contributed by atoms with Gasteiger partial charge in [0.15, 0.2) is 6.04 Å². The van der Waals surface area contributed by atoms with Crippen molar-refractivity contribution in [3.8, 4) is 0 Å². The van der Waals surface area contributed by atoms with Gasteiger partial charge in [0.2, 0.25) is 5.95 Å². The van der Waals surface area contributed by atoms with E-state index in [4.69, 9.17) is 5.11 Å². The van der Waals surface area contributed by atoms with Crippen molar-refractivity contribution in [3.05, 3.63) is 28.2 Å². The number of carbonyl (C=O) groups is 1. The summed E-state index contributed by atoms with van der Waals surface area (Å²) in [6.07, 6.45) is -4.80. The van der Waals surface area contributed by atoms with Crippen molar-refractivity contribution < 1.29 is 23.1 Å². The number of halogens is 3. The van der Waals surface area contributed by atoms with Gasteiger partial charge in [0.25, 0.3) is 5.82 Å². The molecule has 0 spiro atoms. The van der Waals surface area contributed by atoms with E-state index in [1.54, 1.807) is 17.5 Å². The van der Waals surface area contributed by atoms with Crippen molar-refractivity contribution in [3.63, 3.8) is 0 Å². The Morgan fingerprint density at radius 1 is 1.52 bits per heavy atom. The van der Waals surface area contributed by atoms with E-state index in [0.29, 0.717) is 4.68 Å². The normalized spacial score (nSPS) is 21.7. The summed E-state index contributed by atoms with van der Waals surface area (Å²) in [6, 6.07) is 0.989. The lowest BCUT2D eigenvalue weighted by Gasteiger charge is -2.31. The Hall–Kier alpha value is -2.10. The predicted molar refractivity (Wildman–Crippen MR) is 67.4 cm³/mol. The first-order valence-electron chi connectivity index (χ1n) is 5.92. The second kappa shape index (κ2) is 4.72. The predicted octanol–water partition coefficient (Wildman–Crippen LogP) is 2.70. The summed E-state index contributed by atoms with van der Waals surface area (Å²) < 4.78 is 40.2. The minimum Gasteiger partial charge on any atom is -0.475 e. The number of anilines is 1. The zero-order valence-corrected chi connectivity index (χ0v) is 11.1. The van der Waals surface area contributed by atoms with Gasteiger partial charge in [-0.2, -0.15) is 18.2 Å². The van der Waals surface area contributed by atoms with Crippen LogP contribution in [0, 0.1) is 0 Å². The summed E-state index contributed by atoms with van der Waals surface area (Å²) in [5.41, 5.74) is 0. The molecular formula is C11H9F3N4O2S. The van der Waals surface area contributed by atoms with E-state index in [9.17, 15) is 18.0 Å². The van der Waals surface area contributed by atoms with Gasteiger partial charge in [0.05, 0.1) is 6.04 Å². The molecule has 1 aliphatic heterocycles. The Bertz CT molecular complexity index is 668. The third-order valence-electron chi connectivity index (χ3n) is 3.14. The lowest BCUT2D eigenvalue weighted by atomic mass is 10.0. The second-order valence-corrected chi connectivity index (χ2v) is 5.49. The summed E-state index contributed by atoms with van der Waals surface area (Å²) in [5.74, 6) is -2.30. The maximum absolute atomic E-state index is 13.2. The largest absolute Gasteiger partial charge is 0.475 e. The smallest absolute Gasteiger partial charge is 0.411 e. The zero-order chi connectivity index (χ0) is 15.2. The SMILES string of the molecule is O=C(O)c1nc2n(n1)[C@@H](C(F)(F)F)C[C@H](c1cccs1)N2. The molecule has 3 rings (SSSR count). The number of hydrogen-bond acceptors (Lipinski definition) is 5. The van der Waals surface area contributed by atoms with E-state index >= 15 is 0 Å². The van der Waals surface area contributed by atoms with Gasteiger partial charge in [-0.05, 0) is 11.4 Å². The number of aromatic nitrogens is 3. The minimum absolute atomic E-state index is 0.181. The van der Waals surface area contributed by atoms with Crippen LogP contribution in [0.15, 0.2) is 17.5 Å². The van der Waals surface area contributed by atoms with Crippen LogP contribution >= 0.6 is 11.3 Å². The minimum atomic E-state index is -4.53. The van der Waals surface area contributed by atoms with Gasteiger partial charge in [-0.15, -0.1) is 16.4 Å². The fourth-order valence-electron chi connectivity index (χ4n) is 2.22. The van der Waals surface area contributed by atoms with Crippen LogP contribution in [0.1, 0.15) is 34.0 Å². The molecule has 0 saturated heterocycles. The number of alkyl halides is 3. The van der Waals surface area contributed by atoms with Crippen LogP contribution in [0.5, 0.6) is 0 Å². The molecule has 0 aliphatic carbocycles. The number of rotatable bonds is 2. The molecule has 2 aromatic rings. The van der Waals surface area contributed by atoms with Crippen LogP contribution < -0.4 is 5.32 Å². The molecule has 0 amide bonds. The molecule has 112 valence electrons. The van der Waals surface area contributed by atoms with E-state index < -0.39 is 30.1 Å². The number of fused-ring (bicyclic) bond motifs is 1. The van der Waals surface area contributed by atoms with Crippen LogP contribution in [0.4, 0.5) is 19.1 Å². The Labute approximate surface area is 120 Å². The first-order chi connectivity index (χ1) is 9.86. The monoisotopic (exact) mass is 318 g/mol. The van der Waals surface area contributed by atoms with Crippen LogP contribution in [-0.2, 0) is 0 Å². The van der Waals surface area contributed by atoms with Gasteiger partial charge in [-0.1, -0.05) is 6.07 Å². The van der Waals surface area contributed by atoms with Gasteiger partial charge in [-0.25, -0.2) is 9.48 Å². The molecule has 6 nitrogen and oxygen atoms in total. The molecule has 0 saturated carbocycles. The highest BCUT2D eigenvalue weighted by Crippen LogP contribution is 2.43. The molecule has 2 atom stereocenters. The van der Waals surface area contributed by atoms with Gasteiger partial charge < -0.3 is 10.4 Å². The first-order valence-corrected chi connectivity index (χ1v) is 6.80. The highest BCUT2D eigenvalue weighted by molar-refractivity contribution is 7.10. The lowest BCUT2D eigenvalue weighted by Crippen LogP contribution is -2.35. The Morgan fingerprint density at radius 2 is 2.29 bits per heavy atom. The molecule has 0 fully saturated rings. The van der Waals surface area contributed by atoms with E-state index in [1.807, 2.05) is 0 Å². The van der Waals surface area contributed by atoms with Crippen LogP contribution in [0.3, 0.4) is 0 Å². The summed E-state index contributed by atoms with van der Waals surface area (Å²) >= 11 is 1.33. The quantitative estimate of drug-likeness (QED) is 0.890. The van der Waals surface area contributed by atoms with E-state index in [1.165, 1.54) is 11.3 Å². The van der Waals surface area contributed by atoms with E-state index in [2.05, 4.69) is 15.4 Å². The molecule has 21 heavy (non-hydrogen) atoms. The highest BCUT2D eigenvalue weighted by Gasteiger charge is 2.47. The third-order valence-corrected chi connectivity index (χ3v) is 4.13. The van der Waals surface area contributed by atoms with Gasteiger partial charge in [-0.3, -0.25) is 0 Å². The number of aromatic carboxylic acids is 1. The molecule has 2 aromatic heterocycles. The van der Waals surface area contributed by atoms with Crippen molar-refractivity contribution >= 4 is 23.3 Å². The number of carboxylic acids is 1. The zero-order valence-electron chi connectivity index (χ0n) is 10.3. The standard InChI is InChI=1S/C11H9F3N4O2S/c12-11(13,14)7-4-5(6-2-1-3-21-6)15-10-16-8(9(19)20)17-18(7)10/h1-3,5,7H,4H2,(H,19,20)(H,15,16,17)/t5-,7-/m1/s1. The van der Waals surface area contributed by atoms with Crippen molar-refractivity contribution in [2.24, 2.45) is 0 Å². The third kappa shape index (κ3) is 2.46. The number of nitrogens with one attached hydrogen (secondary N) is 1. The molecule has 0 bridgehead atoms. The summed E-state index contributed by atoms with van der Waals surface area (Å²) in [7, 11) is 0. The lowest BCUT2D eigenvalue weighted by molar-refractivity contribution is -0.173. The average molecular weight is 318 g/mol. The molecule has 0 unspecified atom stereocenters. The Balaban J connectivity index is 2.03. The summed E-state index contributed by atoms with van der Waals surface area (Å²) in [5, 5.41) is 16.8. The average Bonchev–Trinajstić information content (AvgIpc) is 3.05. The van der Waals surface area contributed by atoms with E-state index in [0.717, 1.165) is 4.88 Å². The molecule has 0 aromatic carbocycles. The highest BCUT2D eigenvalue weighted by atomic mass is 32.1. The summed E-state index contributed by atoms with van der Waals surface area (Å²) in [6.45, 7) is 0.